The minimum atomic E-state index is -0.859. The maximum atomic E-state index is 13.2. The Labute approximate surface area is 240 Å². The molecule has 0 aromatic rings. The molecule has 0 spiro atoms. The van der Waals surface area contributed by atoms with Gasteiger partial charge in [-0.25, -0.2) is 0 Å². The van der Waals surface area contributed by atoms with Gasteiger partial charge < -0.3 is 30.9 Å². The van der Waals surface area contributed by atoms with Crippen LogP contribution in [0.15, 0.2) is 12.2 Å². The van der Waals surface area contributed by atoms with Crippen LogP contribution in [0.5, 0.6) is 0 Å². The van der Waals surface area contributed by atoms with Gasteiger partial charge in [-0.1, -0.05) is 53.7 Å². The number of hydrogen-bond acceptors (Lipinski definition) is 6. The molecule has 5 atom stereocenters. The van der Waals surface area contributed by atoms with Gasteiger partial charge in [-0.2, -0.15) is 0 Å². The number of likely N-dealkylation sites (N-methyl/N-ethyl adjacent to an activating group) is 3. The lowest BCUT2D eigenvalue weighted by Crippen LogP contribution is -2.57. The highest BCUT2D eigenvalue weighted by atomic mass is 16.3. The minimum absolute atomic E-state index is 0.0820. The Bertz CT molecular complexity index is 875. The van der Waals surface area contributed by atoms with E-state index >= 15 is 0 Å². The first kappa shape index (κ1) is 37.0. The first-order valence-corrected chi connectivity index (χ1v) is 14.2. The number of allylic oxidation sites excluding steroid dienone is 2. The van der Waals surface area contributed by atoms with E-state index in [4.69, 9.17) is 0 Å². The summed E-state index contributed by atoms with van der Waals surface area (Å²) in [6.45, 7) is 12.7. The lowest BCUT2D eigenvalue weighted by molar-refractivity contribution is -0.145. The lowest BCUT2D eigenvalue weighted by atomic mass is 9.97. The van der Waals surface area contributed by atoms with E-state index in [0.717, 1.165) is 0 Å². The minimum Gasteiger partial charge on any atom is -0.392 e. The Balaban J connectivity index is 5.40. The van der Waals surface area contributed by atoms with Gasteiger partial charge in [0.25, 0.3) is 0 Å². The van der Waals surface area contributed by atoms with Crippen molar-refractivity contribution in [2.45, 2.75) is 98.4 Å². The largest absolute Gasteiger partial charge is 0.392 e. The number of rotatable bonds is 17. The number of hydrogen-bond donors (Lipinski definition) is 4. The predicted molar refractivity (Wildman–Crippen MR) is 156 cm³/mol. The summed E-state index contributed by atoms with van der Waals surface area (Å²) in [6, 6.07) is -2.45. The van der Waals surface area contributed by atoms with Crippen LogP contribution in [0.25, 0.3) is 0 Å². The van der Waals surface area contributed by atoms with E-state index < -0.39 is 47.9 Å². The highest BCUT2D eigenvalue weighted by Crippen LogP contribution is 2.14. The van der Waals surface area contributed by atoms with Crippen molar-refractivity contribution >= 4 is 29.5 Å². The molecule has 0 aliphatic carbocycles. The maximum Gasteiger partial charge on any atom is 0.245 e. The standard InChI is InChI=1S/C29H53N5O6/c1-11-13-14-20(7)23(35)16-24(36)31-21(12-2)29(40)33(9)17-25(37)34(10)22(15-18(3)4)27(38)32-26(19(5)6)28(39)30-8/h11,13,18-23,26,35H,12,14-17H2,1-10H3,(H,30,39)(H,31,36)(H,32,38)/b13-11+. The van der Waals surface area contributed by atoms with Crippen LogP contribution in [0.3, 0.4) is 0 Å². The molecular formula is C29H53N5O6. The Morgan fingerprint density at radius 1 is 0.950 bits per heavy atom. The first-order valence-electron chi connectivity index (χ1n) is 14.2. The fourth-order valence-corrected chi connectivity index (χ4v) is 4.15. The molecule has 11 heteroatoms. The molecule has 11 nitrogen and oxygen atoms in total. The molecule has 0 saturated heterocycles. The number of carbonyl (C=O) groups excluding carboxylic acids is 5. The van der Waals surface area contributed by atoms with Crippen molar-refractivity contribution < 1.29 is 29.1 Å². The van der Waals surface area contributed by atoms with Crippen LogP contribution in [0.2, 0.25) is 0 Å². The SMILES string of the molecule is C/C=C/CC(C)C(O)CC(=O)NC(CC)C(=O)N(C)CC(=O)N(C)C(CC(C)C)C(=O)NC(C(=O)NC)C(C)C. The van der Waals surface area contributed by atoms with E-state index in [0.29, 0.717) is 19.3 Å². The van der Waals surface area contributed by atoms with Crippen LogP contribution in [0.1, 0.15) is 74.1 Å². The molecule has 0 bridgehead atoms. The molecule has 4 N–H and O–H groups in total. The smallest absolute Gasteiger partial charge is 0.245 e. The third-order valence-electron chi connectivity index (χ3n) is 6.94. The summed E-state index contributed by atoms with van der Waals surface area (Å²) in [5, 5.41) is 18.3. The average molecular weight is 568 g/mol. The van der Waals surface area contributed by atoms with Crippen LogP contribution in [-0.4, -0.2) is 96.4 Å². The van der Waals surface area contributed by atoms with Crippen molar-refractivity contribution in [1.29, 1.82) is 0 Å². The molecule has 0 saturated carbocycles. The molecule has 230 valence electrons. The van der Waals surface area contributed by atoms with Crippen LogP contribution in [0.4, 0.5) is 0 Å². The summed E-state index contributed by atoms with van der Waals surface area (Å²) in [5.41, 5.74) is 0. The summed E-state index contributed by atoms with van der Waals surface area (Å²) in [6.07, 6.45) is 4.14. The quantitative estimate of drug-likeness (QED) is 0.196. The van der Waals surface area contributed by atoms with Gasteiger partial charge in [0, 0.05) is 21.1 Å². The van der Waals surface area contributed by atoms with Gasteiger partial charge in [0.15, 0.2) is 0 Å². The second-order valence-corrected chi connectivity index (χ2v) is 11.3. The van der Waals surface area contributed by atoms with Crippen molar-refractivity contribution in [1.82, 2.24) is 25.8 Å². The molecule has 5 unspecified atom stereocenters. The van der Waals surface area contributed by atoms with Crippen LogP contribution in [-0.2, 0) is 24.0 Å². The number of aliphatic hydroxyl groups excluding tert-OH is 1. The number of nitrogens with one attached hydrogen (secondary N) is 3. The van der Waals surface area contributed by atoms with Crippen molar-refractivity contribution in [3.8, 4) is 0 Å². The average Bonchev–Trinajstić information content (AvgIpc) is 2.89. The molecule has 0 aromatic carbocycles. The van der Waals surface area contributed by atoms with Gasteiger partial charge in [-0.15, -0.1) is 0 Å². The topological polar surface area (TPSA) is 148 Å². The third-order valence-corrected chi connectivity index (χ3v) is 6.94. The summed E-state index contributed by atoms with van der Waals surface area (Å²) < 4.78 is 0. The van der Waals surface area contributed by atoms with Gasteiger partial charge in [-0.3, -0.25) is 24.0 Å². The molecule has 40 heavy (non-hydrogen) atoms. The highest BCUT2D eigenvalue weighted by Gasteiger charge is 2.33. The van der Waals surface area contributed by atoms with Gasteiger partial charge in [0.2, 0.25) is 29.5 Å². The maximum absolute atomic E-state index is 13.2. The summed E-state index contributed by atoms with van der Waals surface area (Å²) >= 11 is 0. The van der Waals surface area contributed by atoms with E-state index in [1.807, 2.05) is 53.7 Å². The zero-order valence-electron chi connectivity index (χ0n) is 26.1. The summed E-state index contributed by atoms with van der Waals surface area (Å²) in [5.74, 6) is -2.30. The Hall–Kier alpha value is -2.95. The third kappa shape index (κ3) is 12.5. The lowest BCUT2D eigenvalue weighted by Gasteiger charge is -2.32. The monoisotopic (exact) mass is 567 g/mol. The second-order valence-electron chi connectivity index (χ2n) is 11.3. The second kappa shape index (κ2) is 18.4. The first-order chi connectivity index (χ1) is 18.6. The van der Waals surface area contributed by atoms with Crippen molar-refractivity contribution in [2.75, 3.05) is 27.7 Å². The number of nitrogens with zero attached hydrogens (tertiary/aromatic N) is 2. The van der Waals surface area contributed by atoms with Crippen molar-refractivity contribution in [3.05, 3.63) is 12.2 Å². The molecule has 0 fully saturated rings. The van der Waals surface area contributed by atoms with Gasteiger partial charge in [0.05, 0.1) is 19.1 Å². The van der Waals surface area contributed by atoms with Crippen molar-refractivity contribution in [2.24, 2.45) is 17.8 Å². The van der Waals surface area contributed by atoms with Gasteiger partial charge in [0.1, 0.15) is 18.1 Å². The van der Waals surface area contributed by atoms with Crippen LogP contribution >= 0.6 is 0 Å². The van der Waals surface area contributed by atoms with Crippen molar-refractivity contribution in [3.63, 3.8) is 0 Å². The number of amides is 5. The summed E-state index contributed by atoms with van der Waals surface area (Å²) in [7, 11) is 4.47. The molecule has 0 radical (unpaired) electrons. The van der Waals surface area contributed by atoms with E-state index in [1.165, 1.54) is 30.9 Å². The number of aliphatic hydroxyl groups is 1. The van der Waals surface area contributed by atoms with E-state index in [2.05, 4.69) is 16.0 Å². The summed E-state index contributed by atoms with van der Waals surface area (Å²) in [4.78, 5) is 66.8. The fourth-order valence-electron chi connectivity index (χ4n) is 4.15. The normalized spacial score (nSPS) is 15.2. The van der Waals surface area contributed by atoms with Crippen LogP contribution in [0, 0.1) is 17.8 Å². The molecule has 0 aliphatic heterocycles. The zero-order chi connectivity index (χ0) is 31.2. The molecule has 0 heterocycles. The molecule has 0 rings (SSSR count). The number of carbonyl (C=O) groups is 5. The predicted octanol–water partition coefficient (Wildman–Crippen LogP) is 1.45. The van der Waals surface area contributed by atoms with E-state index in [-0.39, 0.29) is 36.6 Å². The van der Waals surface area contributed by atoms with E-state index in [9.17, 15) is 29.1 Å². The molecular weight excluding hydrogens is 514 g/mol. The van der Waals surface area contributed by atoms with E-state index in [1.54, 1.807) is 6.92 Å². The molecule has 0 aromatic heterocycles. The highest BCUT2D eigenvalue weighted by molar-refractivity contribution is 5.94. The van der Waals surface area contributed by atoms with Gasteiger partial charge >= 0.3 is 0 Å². The Kier molecular flexibility index (Phi) is 17.1. The molecule has 5 amide bonds. The van der Waals surface area contributed by atoms with Gasteiger partial charge in [-0.05, 0) is 43.9 Å². The Morgan fingerprint density at radius 2 is 1.55 bits per heavy atom. The van der Waals surface area contributed by atoms with Crippen LogP contribution < -0.4 is 16.0 Å². The molecule has 0 aliphatic rings. The fraction of sp³-hybridized carbons (Fsp3) is 0.759. The Morgan fingerprint density at radius 3 is 2.02 bits per heavy atom. The zero-order valence-corrected chi connectivity index (χ0v) is 26.1.